The third-order valence-electron chi connectivity index (χ3n) is 2.28. The number of rotatable bonds is 4. The number of hydrogen-bond donors (Lipinski definition) is 2. The van der Waals surface area contributed by atoms with Crippen LogP contribution in [0.25, 0.3) is 11.2 Å². The van der Waals surface area contributed by atoms with Crippen molar-refractivity contribution in [2.45, 2.75) is 19.4 Å². The van der Waals surface area contributed by atoms with Crippen LogP contribution in [0.1, 0.15) is 12.8 Å². The van der Waals surface area contributed by atoms with Crippen molar-refractivity contribution < 1.29 is 0 Å². The van der Waals surface area contributed by atoms with Gasteiger partial charge in [-0.15, -0.1) is 0 Å². The first-order valence-electron chi connectivity index (χ1n) is 4.99. The molecule has 0 aliphatic carbocycles. The lowest BCUT2D eigenvalue weighted by atomic mass is 10.3. The molecule has 2 rings (SSSR count). The van der Waals surface area contributed by atoms with E-state index in [9.17, 15) is 4.79 Å². The lowest BCUT2D eigenvalue weighted by Crippen LogP contribution is -2.12. The molecule has 7 heteroatoms. The molecule has 3 N–H and O–H groups in total. The third kappa shape index (κ3) is 2.08. The molecule has 0 atom stereocenters. The molecular weight excluding hydrogens is 274 g/mol. The molecule has 0 saturated carbocycles. The van der Waals surface area contributed by atoms with Crippen molar-refractivity contribution in [3.8, 4) is 0 Å². The summed E-state index contributed by atoms with van der Waals surface area (Å²) >= 11 is 3.37. The highest BCUT2D eigenvalue weighted by Crippen LogP contribution is 2.08. The number of nitrogens with one attached hydrogen (secondary N) is 1. The Morgan fingerprint density at radius 2 is 2.31 bits per heavy atom. The number of imidazole rings is 1. The number of aromatic nitrogens is 4. The van der Waals surface area contributed by atoms with E-state index in [-0.39, 0.29) is 11.5 Å². The fourth-order valence-corrected chi connectivity index (χ4v) is 1.91. The lowest BCUT2D eigenvalue weighted by molar-refractivity contribution is 0.646. The number of H-pyrrole nitrogens is 1. The molecule has 0 fully saturated rings. The number of aromatic amines is 1. The van der Waals surface area contributed by atoms with Crippen LogP contribution in [-0.4, -0.2) is 24.8 Å². The number of anilines is 1. The Balaban J connectivity index is 2.36. The highest BCUT2D eigenvalue weighted by molar-refractivity contribution is 9.09. The Morgan fingerprint density at radius 1 is 1.50 bits per heavy atom. The molecule has 0 amide bonds. The van der Waals surface area contributed by atoms with Crippen LogP contribution in [0.5, 0.6) is 0 Å². The number of fused-ring (bicyclic) bond motifs is 1. The van der Waals surface area contributed by atoms with E-state index in [0.717, 1.165) is 24.7 Å². The zero-order valence-corrected chi connectivity index (χ0v) is 10.2. The molecule has 86 valence electrons. The minimum absolute atomic E-state index is 0.125. The van der Waals surface area contributed by atoms with E-state index < -0.39 is 0 Å². The molecule has 2 aromatic heterocycles. The van der Waals surface area contributed by atoms with Gasteiger partial charge < -0.3 is 10.3 Å². The number of aryl methyl sites for hydroxylation is 1. The van der Waals surface area contributed by atoms with Crippen molar-refractivity contribution in [1.82, 2.24) is 19.5 Å². The standard InChI is InChI=1S/C9H12BrN5O/c10-3-1-2-4-15-5-12-6-7(15)13-9(11)14-8(6)16/h5H,1-4H2,(H3,11,13,14,16). The molecule has 0 saturated heterocycles. The van der Waals surface area contributed by atoms with Crippen LogP contribution in [0, 0.1) is 0 Å². The largest absolute Gasteiger partial charge is 0.369 e. The van der Waals surface area contributed by atoms with Crippen molar-refractivity contribution in [3.05, 3.63) is 16.7 Å². The molecule has 0 aromatic carbocycles. The van der Waals surface area contributed by atoms with Crippen LogP contribution in [-0.2, 0) is 6.54 Å². The average molecular weight is 286 g/mol. The topological polar surface area (TPSA) is 89.6 Å². The average Bonchev–Trinajstić information content (AvgIpc) is 2.62. The van der Waals surface area contributed by atoms with Gasteiger partial charge in [0.05, 0.1) is 6.33 Å². The van der Waals surface area contributed by atoms with E-state index in [1.807, 2.05) is 4.57 Å². The number of alkyl halides is 1. The van der Waals surface area contributed by atoms with Gasteiger partial charge in [-0.05, 0) is 12.8 Å². The maximum atomic E-state index is 11.5. The highest BCUT2D eigenvalue weighted by Gasteiger charge is 2.08. The van der Waals surface area contributed by atoms with E-state index in [4.69, 9.17) is 5.73 Å². The van der Waals surface area contributed by atoms with Gasteiger partial charge in [-0.2, -0.15) is 4.98 Å². The summed E-state index contributed by atoms with van der Waals surface area (Å²) in [5, 5.41) is 0.968. The summed E-state index contributed by atoms with van der Waals surface area (Å²) in [7, 11) is 0. The van der Waals surface area contributed by atoms with Crippen LogP contribution in [0.2, 0.25) is 0 Å². The normalized spacial score (nSPS) is 11.1. The van der Waals surface area contributed by atoms with E-state index in [2.05, 4.69) is 30.9 Å². The summed E-state index contributed by atoms with van der Waals surface area (Å²) in [6.45, 7) is 0.790. The summed E-state index contributed by atoms with van der Waals surface area (Å²) in [5.41, 5.74) is 6.09. The van der Waals surface area contributed by atoms with Gasteiger partial charge in [0.1, 0.15) is 0 Å². The maximum absolute atomic E-state index is 11.5. The quantitative estimate of drug-likeness (QED) is 0.645. The zero-order valence-electron chi connectivity index (χ0n) is 8.61. The second kappa shape index (κ2) is 4.65. The Hall–Kier alpha value is -1.37. The predicted molar refractivity (Wildman–Crippen MR) is 65.6 cm³/mol. The molecular formula is C9H12BrN5O. The highest BCUT2D eigenvalue weighted by atomic mass is 79.9. The van der Waals surface area contributed by atoms with E-state index in [1.165, 1.54) is 0 Å². The fraction of sp³-hybridized carbons (Fsp3) is 0.444. The van der Waals surface area contributed by atoms with Crippen LogP contribution in [0.15, 0.2) is 11.1 Å². The molecule has 0 aliphatic heterocycles. The minimum Gasteiger partial charge on any atom is -0.369 e. The van der Waals surface area contributed by atoms with Crippen LogP contribution < -0.4 is 11.3 Å². The van der Waals surface area contributed by atoms with Crippen molar-refractivity contribution in [1.29, 1.82) is 0 Å². The first-order chi connectivity index (χ1) is 7.72. The van der Waals surface area contributed by atoms with Crippen molar-refractivity contribution in [2.75, 3.05) is 11.1 Å². The number of unbranched alkanes of at least 4 members (excludes halogenated alkanes) is 1. The van der Waals surface area contributed by atoms with E-state index >= 15 is 0 Å². The number of nitrogens with zero attached hydrogens (tertiary/aromatic N) is 3. The molecule has 0 radical (unpaired) electrons. The Bertz CT molecular complexity index is 546. The first kappa shape index (κ1) is 11.1. The van der Waals surface area contributed by atoms with Gasteiger partial charge in [0.25, 0.3) is 5.56 Å². The van der Waals surface area contributed by atoms with Gasteiger partial charge in [-0.25, -0.2) is 4.98 Å². The summed E-state index contributed by atoms with van der Waals surface area (Å²) in [6, 6.07) is 0. The van der Waals surface area contributed by atoms with E-state index in [1.54, 1.807) is 6.33 Å². The summed E-state index contributed by atoms with van der Waals surface area (Å²) in [5.74, 6) is 0.125. The summed E-state index contributed by atoms with van der Waals surface area (Å²) in [4.78, 5) is 22.0. The van der Waals surface area contributed by atoms with Crippen LogP contribution >= 0.6 is 15.9 Å². The monoisotopic (exact) mass is 285 g/mol. The number of halogens is 1. The van der Waals surface area contributed by atoms with E-state index in [0.29, 0.717) is 11.2 Å². The lowest BCUT2D eigenvalue weighted by Gasteiger charge is -2.02. The third-order valence-corrected chi connectivity index (χ3v) is 2.84. The molecule has 0 spiro atoms. The van der Waals surface area contributed by atoms with Gasteiger partial charge in [-0.3, -0.25) is 9.78 Å². The molecule has 2 heterocycles. The first-order valence-corrected chi connectivity index (χ1v) is 6.11. The second-order valence-corrected chi connectivity index (χ2v) is 4.25. The molecule has 0 unspecified atom stereocenters. The molecule has 16 heavy (non-hydrogen) atoms. The summed E-state index contributed by atoms with van der Waals surface area (Å²) < 4.78 is 1.85. The maximum Gasteiger partial charge on any atom is 0.280 e. The van der Waals surface area contributed by atoms with Crippen LogP contribution in [0.3, 0.4) is 0 Å². The van der Waals surface area contributed by atoms with Crippen molar-refractivity contribution in [3.63, 3.8) is 0 Å². The van der Waals surface area contributed by atoms with Gasteiger partial charge in [0.2, 0.25) is 5.95 Å². The SMILES string of the molecule is Nc1nc2c(ncn2CCCCBr)c(=O)[nH]1. The van der Waals surface area contributed by atoms with Crippen LogP contribution in [0.4, 0.5) is 5.95 Å². The van der Waals surface area contributed by atoms with Gasteiger partial charge in [-0.1, -0.05) is 15.9 Å². The molecule has 0 aliphatic rings. The number of nitrogen functional groups attached to an aromatic ring is 1. The van der Waals surface area contributed by atoms with Crippen molar-refractivity contribution in [2.24, 2.45) is 0 Å². The number of hydrogen-bond acceptors (Lipinski definition) is 4. The fourth-order valence-electron chi connectivity index (χ4n) is 1.51. The minimum atomic E-state index is -0.290. The molecule has 2 aromatic rings. The summed E-state index contributed by atoms with van der Waals surface area (Å²) in [6.07, 6.45) is 3.70. The zero-order chi connectivity index (χ0) is 11.5. The predicted octanol–water partition coefficient (Wildman–Crippen LogP) is 0.877. The number of nitrogens with two attached hydrogens (primary N) is 1. The Labute approximate surface area is 100 Å². The molecule has 6 nitrogen and oxygen atoms in total. The smallest absolute Gasteiger partial charge is 0.280 e. The van der Waals surface area contributed by atoms with Gasteiger partial charge in [0, 0.05) is 11.9 Å². The molecule has 0 bridgehead atoms. The Morgan fingerprint density at radius 3 is 3.06 bits per heavy atom. The Kier molecular flexibility index (Phi) is 3.23. The van der Waals surface area contributed by atoms with Crippen molar-refractivity contribution >= 4 is 33.0 Å². The second-order valence-electron chi connectivity index (χ2n) is 3.46. The van der Waals surface area contributed by atoms with Gasteiger partial charge in [0.15, 0.2) is 11.2 Å². The van der Waals surface area contributed by atoms with Gasteiger partial charge >= 0.3 is 0 Å².